The highest BCUT2D eigenvalue weighted by molar-refractivity contribution is 5.86. The van der Waals surface area contributed by atoms with Crippen LogP contribution in [-0.2, 0) is 19.1 Å². The monoisotopic (exact) mass is 426 g/mol. The predicted molar refractivity (Wildman–Crippen MR) is 99.0 cm³/mol. The number of ether oxygens (including phenoxy) is 2. The van der Waals surface area contributed by atoms with E-state index in [1.165, 1.54) is 38.1 Å². The number of nitrogens with zero attached hydrogens (tertiary/aromatic N) is 2. The zero-order valence-corrected chi connectivity index (χ0v) is 16.3. The molecule has 12 heteroatoms. The van der Waals surface area contributed by atoms with E-state index in [2.05, 4.69) is 0 Å². The first-order valence-corrected chi connectivity index (χ1v) is 9.18. The van der Waals surface area contributed by atoms with Crippen molar-refractivity contribution in [1.29, 1.82) is 0 Å². The molecule has 2 unspecified atom stereocenters. The van der Waals surface area contributed by atoms with Gasteiger partial charge in [-0.05, 0) is 25.3 Å². The van der Waals surface area contributed by atoms with Crippen LogP contribution in [0.4, 0.5) is 5.69 Å². The summed E-state index contributed by atoms with van der Waals surface area (Å²) in [5.74, 6) is -3.66. The number of hydrogen-bond donors (Lipinski definition) is 2. The number of non-ortho nitro benzene ring substituents is 1. The van der Waals surface area contributed by atoms with Crippen LogP contribution in [0.25, 0.3) is 0 Å². The van der Waals surface area contributed by atoms with Gasteiger partial charge in [0.25, 0.3) is 11.7 Å². The van der Waals surface area contributed by atoms with Gasteiger partial charge in [-0.3, -0.25) is 20.2 Å². The average molecular weight is 426 g/mol. The first-order valence-electron chi connectivity index (χ1n) is 9.18. The molecule has 0 aromatic heterocycles. The van der Waals surface area contributed by atoms with Gasteiger partial charge in [0.15, 0.2) is 0 Å². The highest BCUT2D eigenvalue weighted by Crippen LogP contribution is 2.46. The third kappa shape index (κ3) is 4.09. The Bertz CT molecular complexity index is 808. The molecule has 1 saturated carbocycles. The highest BCUT2D eigenvalue weighted by Gasteiger charge is 2.71. The maximum Gasteiger partial charge on any atom is 0.345 e. The van der Waals surface area contributed by atoms with E-state index in [4.69, 9.17) is 9.47 Å². The molecule has 0 bridgehead atoms. The summed E-state index contributed by atoms with van der Waals surface area (Å²) in [6.45, 7) is 2.45. The molecular formula is C18H22N2O10. The summed E-state index contributed by atoms with van der Waals surface area (Å²) in [7, 11) is 0. The molecule has 0 spiro atoms. The van der Waals surface area contributed by atoms with Crippen molar-refractivity contribution in [2.75, 3.05) is 13.2 Å². The molecule has 0 radical (unpaired) electrons. The molecule has 1 aliphatic rings. The summed E-state index contributed by atoms with van der Waals surface area (Å²) in [6, 6.07) is 2.56. The van der Waals surface area contributed by atoms with E-state index < -0.39 is 57.8 Å². The minimum absolute atomic E-state index is 0.203. The summed E-state index contributed by atoms with van der Waals surface area (Å²) >= 11 is 0. The van der Waals surface area contributed by atoms with Crippen molar-refractivity contribution in [3.63, 3.8) is 0 Å². The lowest BCUT2D eigenvalue weighted by Gasteiger charge is -2.44. The second kappa shape index (κ2) is 8.71. The maximum atomic E-state index is 12.5. The second-order valence-corrected chi connectivity index (χ2v) is 6.93. The molecule has 12 nitrogen and oxygen atoms in total. The molecule has 0 heterocycles. The Morgan fingerprint density at radius 1 is 1.00 bits per heavy atom. The van der Waals surface area contributed by atoms with Gasteiger partial charge in [0.2, 0.25) is 11.2 Å². The van der Waals surface area contributed by atoms with Crippen LogP contribution >= 0.6 is 0 Å². The summed E-state index contributed by atoms with van der Waals surface area (Å²) in [5, 5.41) is 44.7. The molecule has 1 fully saturated rings. The number of carbonyl (C=O) groups excluding carboxylic acids is 2. The number of hydrogen-bond acceptors (Lipinski definition) is 10. The second-order valence-electron chi connectivity index (χ2n) is 6.93. The Morgan fingerprint density at radius 2 is 1.43 bits per heavy atom. The van der Waals surface area contributed by atoms with E-state index >= 15 is 0 Å². The molecular weight excluding hydrogens is 404 g/mol. The van der Waals surface area contributed by atoms with Crippen LogP contribution in [0.15, 0.2) is 24.3 Å². The molecule has 30 heavy (non-hydrogen) atoms. The van der Waals surface area contributed by atoms with Gasteiger partial charge in [-0.15, -0.1) is 0 Å². The fourth-order valence-electron chi connectivity index (χ4n) is 3.80. The van der Waals surface area contributed by atoms with E-state index in [0.29, 0.717) is 5.56 Å². The first kappa shape index (κ1) is 23.2. The number of rotatable bonds is 7. The largest absolute Gasteiger partial charge is 0.464 e. The molecule has 2 rings (SSSR count). The zero-order valence-electron chi connectivity index (χ0n) is 16.3. The summed E-state index contributed by atoms with van der Waals surface area (Å²) in [5.41, 5.74) is -5.58. The molecule has 2 N–H and O–H groups in total. The van der Waals surface area contributed by atoms with Crippen LogP contribution in [0.1, 0.15) is 38.2 Å². The molecule has 0 amide bonds. The van der Waals surface area contributed by atoms with Gasteiger partial charge in [0.05, 0.1) is 18.1 Å². The van der Waals surface area contributed by atoms with Crippen molar-refractivity contribution >= 4 is 17.6 Å². The van der Waals surface area contributed by atoms with Gasteiger partial charge >= 0.3 is 11.9 Å². The Labute approximate surface area is 170 Å². The van der Waals surface area contributed by atoms with E-state index in [9.17, 15) is 40.0 Å². The normalized spacial score (nSPS) is 28.4. The van der Waals surface area contributed by atoms with Crippen molar-refractivity contribution in [2.24, 2.45) is 0 Å². The zero-order chi connectivity index (χ0) is 22.7. The highest BCUT2D eigenvalue weighted by atomic mass is 16.6. The van der Waals surface area contributed by atoms with Gasteiger partial charge < -0.3 is 19.7 Å². The number of nitro groups is 2. The van der Waals surface area contributed by atoms with Crippen LogP contribution < -0.4 is 0 Å². The fraction of sp³-hybridized carbons (Fsp3) is 0.556. The molecule has 1 aromatic rings. The topological polar surface area (TPSA) is 179 Å². The van der Waals surface area contributed by atoms with E-state index in [1.54, 1.807) is 0 Å². The molecule has 0 saturated heterocycles. The Morgan fingerprint density at radius 3 is 1.77 bits per heavy atom. The standard InChI is InChI=1S/C18H22N2O10/c1-3-29-15(21)17(23)9-12(11-5-7-13(8-6-11)19(25)26)10-18(24,14(17)20(27)28)16(22)30-4-2/h5-8,12,14,23-24H,3-4,9-10H2,1-2H3/t12?,14?,17-,18+. The van der Waals surface area contributed by atoms with Crippen LogP contribution in [0, 0.1) is 20.2 Å². The minimum atomic E-state index is -2.84. The molecule has 164 valence electrons. The predicted octanol–water partition coefficient (Wildman–Crippen LogP) is 0.706. The summed E-state index contributed by atoms with van der Waals surface area (Å²) < 4.78 is 9.57. The fourth-order valence-corrected chi connectivity index (χ4v) is 3.80. The lowest BCUT2D eigenvalue weighted by Crippen LogP contribution is -2.70. The third-order valence-electron chi connectivity index (χ3n) is 5.06. The SMILES string of the molecule is CCOC(=O)[C@]1(O)CC(c2ccc([N+](=O)[O-])cc2)C[C@](O)(C(=O)OCC)C1[N+](=O)[O-]. The quantitative estimate of drug-likeness (QED) is 0.358. The Kier molecular flexibility index (Phi) is 6.73. The van der Waals surface area contributed by atoms with Crippen molar-refractivity contribution < 1.29 is 39.1 Å². The van der Waals surface area contributed by atoms with Gasteiger partial charge in [0.1, 0.15) is 0 Å². The average Bonchev–Trinajstić information content (AvgIpc) is 2.67. The van der Waals surface area contributed by atoms with Gasteiger partial charge in [-0.25, -0.2) is 9.59 Å². The first-order chi connectivity index (χ1) is 14.0. The molecule has 1 aromatic carbocycles. The van der Waals surface area contributed by atoms with Crippen LogP contribution in [-0.4, -0.2) is 62.5 Å². The van der Waals surface area contributed by atoms with Gasteiger partial charge in [-0.1, -0.05) is 12.1 Å². The minimum Gasteiger partial charge on any atom is -0.464 e. The number of esters is 2. The van der Waals surface area contributed by atoms with Crippen LogP contribution in [0.2, 0.25) is 0 Å². The van der Waals surface area contributed by atoms with Crippen molar-refractivity contribution in [3.8, 4) is 0 Å². The van der Waals surface area contributed by atoms with E-state index in [0.717, 1.165) is 0 Å². The number of benzene rings is 1. The van der Waals surface area contributed by atoms with Crippen molar-refractivity contribution in [1.82, 2.24) is 0 Å². The van der Waals surface area contributed by atoms with Crippen molar-refractivity contribution in [3.05, 3.63) is 50.1 Å². The smallest absolute Gasteiger partial charge is 0.345 e. The molecule has 1 aliphatic carbocycles. The summed E-state index contributed by atoms with van der Waals surface area (Å²) in [6.07, 6.45) is -1.09. The number of nitro benzene ring substituents is 1. The number of aliphatic hydroxyl groups is 2. The van der Waals surface area contributed by atoms with Crippen LogP contribution in [0.3, 0.4) is 0 Å². The van der Waals surface area contributed by atoms with E-state index in [1.807, 2.05) is 0 Å². The molecule has 4 atom stereocenters. The van der Waals surface area contributed by atoms with Gasteiger partial charge in [-0.2, -0.15) is 0 Å². The molecule has 0 aliphatic heterocycles. The lowest BCUT2D eigenvalue weighted by atomic mass is 9.64. The maximum absolute atomic E-state index is 12.5. The van der Waals surface area contributed by atoms with Gasteiger partial charge in [0, 0.05) is 29.9 Å². The lowest BCUT2D eigenvalue weighted by molar-refractivity contribution is -0.566. The third-order valence-corrected chi connectivity index (χ3v) is 5.06. The Balaban J connectivity index is 2.59. The Hall–Kier alpha value is -3.12. The van der Waals surface area contributed by atoms with E-state index in [-0.39, 0.29) is 18.9 Å². The summed E-state index contributed by atoms with van der Waals surface area (Å²) in [4.78, 5) is 45.9. The number of carbonyl (C=O) groups is 2. The van der Waals surface area contributed by atoms with Crippen LogP contribution in [0.5, 0.6) is 0 Å². The van der Waals surface area contributed by atoms with Crippen molar-refractivity contribution in [2.45, 2.75) is 49.9 Å².